The molecule has 0 saturated heterocycles. The second kappa shape index (κ2) is 7.67. The topological polar surface area (TPSA) is 49.7 Å². The Labute approximate surface area is 107 Å². The van der Waals surface area contributed by atoms with E-state index in [9.17, 15) is 5.11 Å². The van der Waals surface area contributed by atoms with E-state index >= 15 is 0 Å². The van der Waals surface area contributed by atoms with Crippen LogP contribution in [0.15, 0.2) is 24.3 Å². The van der Waals surface area contributed by atoms with Gasteiger partial charge in [0.15, 0.2) is 0 Å². The fraction of sp³-hybridized carbons (Fsp3) is 0.538. The van der Waals surface area contributed by atoms with Crippen LogP contribution < -0.4 is 0 Å². The van der Waals surface area contributed by atoms with Crippen molar-refractivity contribution in [1.29, 1.82) is 0 Å². The molecule has 0 aliphatic carbocycles. The lowest BCUT2D eigenvalue weighted by molar-refractivity contribution is 0.0878. The van der Waals surface area contributed by atoms with E-state index in [1.54, 1.807) is 19.2 Å². The van der Waals surface area contributed by atoms with E-state index in [1.807, 2.05) is 12.1 Å². The minimum absolute atomic E-state index is 0.0845. The van der Waals surface area contributed by atoms with E-state index in [1.165, 1.54) is 0 Å². The van der Waals surface area contributed by atoms with Crippen molar-refractivity contribution in [1.82, 2.24) is 0 Å². The Hall–Kier alpha value is -0.610. The number of hydrogen-bond acceptors (Lipinski definition) is 3. The molecule has 2 atom stereocenters. The number of rotatable bonds is 7. The van der Waals surface area contributed by atoms with Crippen LogP contribution in [0.1, 0.15) is 24.5 Å². The minimum Gasteiger partial charge on any atom is -0.396 e. The van der Waals surface area contributed by atoms with Crippen LogP contribution in [0.5, 0.6) is 0 Å². The predicted molar refractivity (Wildman–Crippen MR) is 68.1 cm³/mol. The molecule has 2 N–H and O–H groups in total. The molecule has 2 unspecified atom stereocenters. The summed E-state index contributed by atoms with van der Waals surface area (Å²) in [5, 5.41) is 19.7. The van der Waals surface area contributed by atoms with Crippen molar-refractivity contribution in [3.63, 3.8) is 0 Å². The number of methoxy groups -OCH3 is 1. The van der Waals surface area contributed by atoms with Crippen LogP contribution in [-0.2, 0) is 4.74 Å². The highest BCUT2D eigenvalue weighted by Crippen LogP contribution is 2.22. The summed E-state index contributed by atoms with van der Waals surface area (Å²) in [4.78, 5) is 0. The Morgan fingerprint density at radius 1 is 1.24 bits per heavy atom. The highest BCUT2D eigenvalue weighted by atomic mass is 35.5. The van der Waals surface area contributed by atoms with Gasteiger partial charge in [0.05, 0.1) is 12.7 Å². The van der Waals surface area contributed by atoms with Gasteiger partial charge < -0.3 is 14.9 Å². The molecular formula is C13H19ClO3. The molecule has 0 amide bonds. The van der Waals surface area contributed by atoms with Crippen LogP contribution in [0.2, 0.25) is 5.02 Å². The zero-order valence-corrected chi connectivity index (χ0v) is 10.7. The number of aliphatic hydroxyl groups is 2. The quantitative estimate of drug-likeness (QED) is 0.790. The molecular weight excluding hydrogens is 240 g/mol. The van der Waals surface area contributed by atoms with Crippen LogP contribution in [0.4, 0.5) is 0 Å². The molecule has 0 radical (unpaired) electrons. The summed E-state index contributed by atoms with van der Waals surface area (Å²) in [6.07, 6.45) is 0.822. The van der Waals surface area contributed by atoms with Crippen molar-refractivity contribution in [2.45, 2.75) is 18.9 Å². The minimum atomic E-state index is -0.516. The summed E-state index contributed by atoms with van der Waals surface area (Å²) in [7, 11) is 1.61. The number of halogens is 1. The maximum atomic E-state index is 9.96. The average Bonchev–Trinajstić information content (AvgIpc) is 2.35. The summed E-state index contributed by atoms with van der Waals surface area (Å²) in [5.74, 6) is 0.0851. The van der Waals surface area contributed by atoms with Gasteiger partial charge in [0.1, 0.15) is 0 Å². The Kier molecular flexibility index (Phi) is 6.52. The van der Waals surface area contributed by atoms with E-state index in [0.29, 0.717) is 18.1 Å². The lowest BCUT2D eigenvalue weighted by Crippen LogP contribution is -2.14. The fourth-order valence-corrected chi connectivity index (χ4v) is 1.83. The molecule has 1 aromatic rings. The molecule has 0 spiro atoms. The molecule has 0 aliphatic rings. The number of benzene rings is 1. The Balaban J connectivity index is 2.43. The average molecular weight is 259 g/mol. The van der Waals surface area contributed by atoms with Gasteiger partial charge in [0.2, 0.25) is 0 Å². The second-order valence-corrected chi connectivity index (χ2v) is 4.59. The summed E-state index contributed by atoms with van der Waals surface area (Å²) >= 11 is 5.78. The summed E-state index contributed by atoms with van der Waals surface area (Å²) in [5.41, 5.74) is 0.850. The first-order chi connectivity index (χ1) is 8.17. The molecule has 1 aromatic carbocycles. The van der Waals surface area contributed by atoms with Crippen molar-refractivity contribution in [2.75, 3.05) is 20.3 Å². The van der Waals surface area contributed by atoms with Gasteiger partial charge in [-0.1, -0.05) is 23.7 Å². The van der Waals surface area contributed by atoms with Crippen LogP contribution >= 0.6 is 11.6 Å². The van der Waals surface area contributed by atoms with Crippen molar-refractivity contribution in [2.24, 2.45) is 5.92 Å². The van der Waals surface area contributed by atoms with Gasteiger partial charge >= 0.3 is 0 Å². The first kappa shape index (κ1) is 14.5. The van der Waals surface area contributed by atoms with Gasteiger partial charge in [0, 0.05) is 24.7 Å². The lowest BCUT2D eigenvalue weighted by atomic mass is 9.98. The smallest absolute Gasteiger partial charge is 0.0790 e. The van der Waals surface area contributed by atoms with Crippen molar-refractivity contribution in [3.8, 4) is 0 Å². The molecule has 17 heavy (non-hydrogen) atoms. The van der Waals surface area contributed by atoms with Crippen LogP contribution in [0, 0.1) is 5.92 Å². The van der Waals surface area contributed by atoms with Gasteiger partial charge in [-0.3, -0.25) is 0 Å². The summed E-state index contributed by atoms with van der Waals surface area (Å²) in [6, 6.07) is 7.16. The summed E-state index contributed by atoms with van der Waals surface area (Å²) in [6.45, 7) is 0.602. The van der Waals surface area contributed by atoms with Gasteiger partial charge in [-0.15, -0.1) is 0 Å². The third-order valence-electron chi connectivity index (χ3n) is 2.76. The number of ether oxygens (including phenoxy) is 1. The molecule has 1 rings (SSSR count). The van der Waals surface area contributed by atoms with Crippen molar-refractivity contribution < 1.29 is 14.9 Å². The molecule has 0 saturated carbocycles. The van der Waals surface area contributed by atoms with E-state index in [4.69, 9.17) is 21.4 Å². The monoisotopic (exact) mass is 258 g/mol. The molecule has 0 heterocycles. The van der Waals surface area contributed by atoms with Crippen LogP contribution in [0.3, 0.4) is 0 Å². The molecule has 96 valence electrons. The third kappa shape index (κ3) is 5.04. The van der Waals surface area contributed by atoms with Gasteiger partial charge in [-0.25, -0.2) is 0 Å². The van der Waals surface area contributed by atoms with E-state index in [-0.39, 0.29) is 12.5 Å². The van der Waals surface area contributed by atoms with E-state index < -0.39 is 6.10 Å². The van der Waals surface area contributed by atoms with E-state index in [2.05, 4.69) is 0 Å². The van der Waals surface area contributed by atoms with Crippen molar-refractivity contribution >= 4 is 11.6 Å². The van der Waals surface area contributed by atoms with Crippen LogP contribution in [0.25, 0.3) is 0 Å². The molecule has 0 fully saturated rings. The normalized spacial score (nSPS) is 14.6. The Bertz CT molecular complexity index is 313. The lowest BCUT2D eigenvalue weighted by Gasteiger charge is -2.16. The van der Waals surface area contributed by atoms with E-state index in [0.717, 1.165) is 12.0 Å². The predicted octanol–water partition coefficient (Wildman–Crippen LogP) is 2.41. The SMILES string of the molecule is COCC(CO)CCC(O)c1ccc(Cl)cc1. The zero-order chi connectivity index (χ0) is 12.7. The molecule has 4 heteroatoms. The molecule has 0 bridgehead atoms. The number of aliphatic hydroxyl groups excluding tert-OH is 2. The first-order valence-electron chi connectivity index (χ1n) is 5.70. The first-order valence-corrected chi connectivity index (χ1v) is 6.08. The highest BCUT2D eigenvalue weighted by molar-refractivity contribution is 6.30. The second-order valence-electron chi connectivity index (χ2n) is 4.15. The van der Waals surface area contributed by atoms with Crippen molar-refractivity contribution in [3.05, 3.63) is 34.9 Å². The van der Waals surface area contributed by atoms with Gasteiger partial charge in [-0.2, -0.15) is 0 Å². The largest absolute Gasteiger partial charge is 0.396 e. The fourth-order valence-electron chi connectivity index (χ4n) is 1.71. The molecule has 3 nitrogen and oxygen atoms in total. The zero-order valence-electron chi connectivity index (χ0n) is 9.97. The van der Waals surface area contributed by atoms with Gasteiger partial charge in [0.25, 0.3) is 0 Å². The molecule has 0 aromatic heterocycles. The number of hydrogen-bond donors (Lipinski definition) is 2. The molecule has 0 aliphatic heterocycles. The Morgan fingerprint density at radius 2 is 1.88 bits per heavy atom. The maximum Gasteiger partial charge on any atom is 0.0790 e. The highest BCUT2D eigenvalue weighted by Gasteiger charge is 2.12. The third-order valence-corrected chi connectivity index (χ3v) is 3.02. The summed E-state index contributed by atoms with van der Waals surface area (Å²) < 4.78 is 4.99. The maximum absolute atomic E-state index is 9.96. The van der Waals surface area contributed by atoms with Crippen LogP contribution in [-0.4, -0.2) is 30.5 Å². The van der Waals surface area contributed by atoms with Gasteiger partial charge in [-0.05, 0) is 30.5 Å². The Morgan fingerprint density at radius 3 is 2.41 bits per heavy atom. The standard InChI is InChI=1S/C13H19ClO3/c1-17-9-10(8-15)2-7-13(16)11-3-5-12(14)6-4-11/h3-6,10,13,15-16H,2,7-9H2,1H3.